The Morgan fingerprint density at radius 3 is 1.52 bits per heavy atom. The number of rotatable bonds is 37. The SMILES string of the molecule is CCCC[C@H](NC(=O)[C@H](CCCN)NC(=O)[C@@H](N)C(C)C)C(=O)N[C@@H](Cc1ccc(O)cc1)C(=O)N1CCC[C@H]1C(=O)N[C@@H](Cc1c[nH]c2ccccc12)C(=O)N[C@@H](Cc1ccccc1)C(=O)N[C@@H](CC(N)=O)C(=O)N[C@@H](CC(=O)O)C(=O)N[C@@H](Cc1c[nH]c2ccccc12)C(=O)O. The number of phenols is 1. The Kier molecular flexibility index (Phi) is 27.4. The third kappa shape index (κ3) is 21.2. The first kappa shape index (κ1) is 74.7. The van der Waals surface area contributed by atoms with Gasteiger partial charge in [0.15, 0.2) is 0 Å². The van der Waals surface area contributed by atoms with Crippen LogP contribution in [0.25, 0.3) is 21.8 Å². The highest BCUT2D eigenvalue weighted by molar-refractivity contribution is 6.01. The molecule has 29 heteroatoms. The summed E-state index contributed by atoms with van der Waals surface area (Å²) in [6.07, 6.45) is 2.38. The number of amides is 10. The Labute approximate surface area is 565 Å². The molecule has 0 spiro atoms. The number of aliphatic carboxylic acids is 2. The molecule has 0 radical (unpaired) electrons. The first-order valence-corrected chi connectivity index (χ1v) is 32.7. The average molecular weight is 1350 g/mol. The van der Waals surface area contributed by atoms with Crippen LogP contribution >= 0.6 is 0 Å². The first-order chi connectivity index (χ1) is 46.8. The summed E-state index contributed by atoms with van der Waals surface area (Å²) >= 11 is 0. The number of aromatic hydroxyl groups is 1. The number of nitrogens with one attached hydrogen (secondary N) is 10. The molecule has 98 heavy (non-hydrogen) atoms. The van der Waals surface area contributed by atoms with E-state index in [0.29, 0.717) is 69.7 Å². The second kappa shape index (κ2) is 35.9. The maximum atomic E-state index is 15.2. The lowest BCUT2D eigenvalue weighted by atomic mass is 10.0. The van der Waals surface area contributed by atoms with Gasteiger partial charge in [-0.1, -0.05) is 112 Å². The van der Waals surface area contributed by atoms with E-state index in [4.69, 9.17) is 17.2 Å². The number of primary amides is 1. The van der Waals surface area contributed by atoms with Crippen LogP contribution in [-0.4, -0.2) is 175 Å². The van der Waals surface area contributed by atoms with E-state index >= 15 is 14.4 Å². The van der Waals surface area contributed by atoms with Crippen molar-refractivity contribution in [3.63, 3.8) is 0 Å². The lowest BCUT2D eigenvalue weighted by Crippen LogP contribution is -2.61. The van der Waals surface area contributed by atoms with Gasteiger partial charge in [-0.3, -0.25) is 52.7 Å². The summed E-state index contributed by atoms with van der Waals surface area (Å²) in [6, 6.07) is 13.8. The van der Waals surface area contributed by atoms with Gasteiger partial charge >= 0.3 is 11.9 Å². The fourth-order valence-corrected chi connectivity index (χ4v) is 11.6. The summed E-state index contributed by atoms with van der Waals surface area (Å²) < 4.78 is 0. The number of nitrogens with two attached hydrogens (primary N) is 3. The number of unbranched alkanes of at least 4 members (excludes halogenated alkanes) is 1. The number of aromatic amines is 2. The Bertz CT molecular complexity index is 3800. The maximum absolute atomic E-state index is 15.2. The maximum Gasteiger partial charge on any atom is 0.326 e. The molecule has 10 atom stereocenters. The van der Waals surface area contributed by atoms with Gasteiger partial charge in [-0.05, 0) is 91.1 Å². The van der Waals surface area contributed by atoms with Gasteiger partial charge in [0.05, 0.1) is 18.9 Å². The van der Waals surface area contributed by atoms with E-state index in [0.717, 1.165) is 0 Å². The first-order valence-electron chi connectivity index (χ1n) is 32.7. The Morgan fingerprint density at radius 2 is 0.980 bits per heavy atom. The molecule has 10 amide bonds. The molecule has 4 aromatic carbocycles. The van der Waals surface area contributed by atoms with Crippen molar-refractivity contribution in [2.75, 3.05) is 13.1 Å². The van der Waals surface area contributed by atoms with E-state index < -0.39 is 144 Å². The van der Waals surface area contributed by atoms with Crippen LogP contribution in [0.15, 0.2) is 116 Å². The lowest BCUT2D eigenvalue weighted by Gasteiger charge is -2.31. The van der Waals surface area contributed by atoms with Crippen molar-refractivity contribution in [1.29, 1.82) is 0 Å². The molecular formula is C69H88N14O15. The van der Waals surface area contributed by atoms with Crippen molar-refractivity contribution in [2.24, 2.45) is 23.1 Å². The minimum atomic E-state index is -1.97. The highest BCUT2D eigenvalue weighted by atomic mass is 16.4. The largest absolute Gasteiger partial charge is 0.508 e. The van der Waals surface area contributed by atoms with Gasteiger partial charge in [0.2, 0.25) is 59.1 Å². The number of carboxylic acid groups (broad SMARTS) is 2. The normalized spacial score (nSPS) is 15.6. The molecule has 6 aromatic rings. The van der Waals surface area contributed by atoms with Gasteiger partial charge in [0.25, 0.3) is 0 Å². The van der Waals surface area contributed by atoms with Gasteiger partial charge in [0.1, 0.15) is 60.1 Å². The molecule has 1 saturated heterocycles. The van der Waals surface area contributed by atoms with Crippen LogP contribution in [0.3, 0.4) is 0 Å². The number of carbonyl (C=O) groups excluding carboxylic acids is 10. The molecular weight excluding hydrogens is 1260 g/mol. The molecule has 1 aliphatic heterocycles. The van der Waals surface area contributed by atoms with Crippen LogP contribution in [0.1, 0.15) is 101 Å². The van der Waals surface area contributed by atoms with E-state index in [-0.39, 0.29) is 69.7 Å². The number of fused-ring (bicyclic) bond motifs is 2. The highest BCUT2D eigenvalue weighted by Gasteiger charge is 2.41. The molecule has 524 valence electrons. The fraction of sp³-hybridized carbons (Fsp3) is 0.420. The minimum Gasteiger partial charge on any atom is -0.508 e. The van der Waals surface area contributed by atoms with Crippen LogP contribution in [0, 0.1) is 5.92 Å². The molecule has 7 rings (SSSR count). The van der Waals surface area contributed by atoms with E-state index in [1.165, 1.54) is 17.0 Å². The fourth-order valence-electron chi connectivity index (χ4n) is 11.6. The van der Waals surface area contributed by atoms with Crippen molar-refractivity contribution < 1.29 is 72.9 Å². The third-order valence-electron chi connectivity index (χ3n) is 17.1. The quantitative estimate of drug-likeness (QED) is 0.0257. The number of aromatic nitrogens is 2. The Hall–Kier alpha value is -10.7. The molecule has 1 aliphatic rings. The second-order valence-corrected chi connectivity index (χ2v) is 24.8. The van der Waals surface area contributed by atoms with E-state index in [9.17, 15) is 58.5 Å². The zero-order valence-corrected chi connectivity index (χ0v) is 54.8. The standard InChI is InChI=1S/C69H88N14O15/c1-4-5-19-48(75-60(88)49(22-13-28-70)76-67(95)59(72)38(2)3)61(89)81-54(31-40-24-26-43(84)27-25-40)68(96)83-29-14-23-56(83)66(94)80-51(32-41-36-73-46-20-11-9-17-44(41)46)63(91)77-50(30-39-15-7-6-8-16-39)62(90)78-52(34-57(71)85)64(92)79-53(35-58(86)87)65(93)82-55(69(97)98)33-42-37-74-47-21-12-10-18-45(42)47/h6-12,15-18,20-21,24-27,36-38,48-56,59,73-74,84H,4-5,13-14,19,22-23,28-35,70,72H2,1-3H3,(H2,71,85)(H,75,88)(H,76,95)(H,77,91)(H,78,90)(H,79,92)(H,80,94)(H,81,89)(H,82,93)(H,86,87)(H,97,98)/t48-,49-,50-,51-,52-,53-,54-,55-,56-,59-/m0/s1. The monoisotopic (exact) mass is 1350 g/mol. The van der Waals surface area contributed by atoms with Crippen molar-refractivity contribution >= 4 is 92.8 Å². The zero-order chi connectivity index (χ0) is 71.2. The molecule has 1 fully saturated rings. The zero-order valence-electron chi connectivity index (χ0n) is 54.8. The van der Waals surface area contributed by atoms with Gasteiger partial charge in [0, 0.05) is 66.4 Å². The molecule has 3 heterocycles. The summed E-state index contributed by atoms with van der Waals surface area (Å²) in [5, 5.41) is 52.4. The Morgan fingerprint density at radius 1 is 0.531 bits per heavy atom. The molecule has 29 nitrogen and oxygen atoms in total. The van der Waals surface area contributed by atoms with Crippen molar-refractivity contribution in [2.45, 2.75) is 165 Å². The van der Waals surface area contributed by atoms with Crippen molar-refractivity contribution in [1.82, 2.24) is 57.4 Å². The molecule has 0 bridgehead atoms. The molecule has 2 aromatic heterocycles. The second-order valence-electron chi connectivity index (χ2n) is 24.8. The van der Waals surface area contributed by atoms with Crippen LogP contribution in [-0.2, 0) is 83.2 Å². The predicted molar refractivity (Wildman–Crippen MR) is 360 cm³/mol. The van der Waals surface area contributed by atoms with Crippen molar-refractivity contribution in [3.05, 3.63) is 138 Å². The number of para-hydroxylation sites is 2. The number of carboxylic acids is 2. The van der Waals surface area contributed by atoms with Gasteiger partial charge in [-0.2, -0.15) is 0 Å². The molecule has 19 N–H and O–H groups in total. The minimum absolute atomic E-state index is 0.0188. The number of hydrogen-bond donors (Lipinski definition) is 16. The number of likely N-dealkylation sites (tertiary alicyclic amines) is 1. The Balaban J connectivity index is 1.14. The number of hydrogen-bond acceptors (Lipinski definition) is 15. The summed E-state index contributed by atoms with van der Waals surface area (Å²) in [5.41, 5.74) is 20.9. The van der Waals surface area contributed by atoms with Crippen LogP contribution in [0.2, 0.25) is 0 Å². The van der Waals surface area contributed by atoms with Crippen LogP contribution < -0.4 is 59.7 Å². The molecule has 0 unspecified atom stereocenters. The number of nitrogens with zero attached hydrogens (tertiary/aromatic N) is 1. The highest BCUT2D eigenvalue weighted by Crippen LogP contribution is 2.25. The van der Waals surface area contributed by atoms with Gasteiger partial charge < -0.3 is 89.9 Å². The van der Waals surface area contributed by atoms with E-state index in [1.807, 2.05) is 6.92 Å². The van der Waals surface area contributed by atoms with E-state index in [2.05, 4.69) is 52.5 Å². The number of carbonyl (C=O) groups is 12. The van der Waals surface area contributed by atoms with E-state index in [1.54, 1.807) is 117 Å². The average Bonchev–Trinajstić information content (AvgIpc) is 1.62. The van der Waals surface area contributed by atoms with Crippen LogP contribution in [0.4, 0.5) is 0 Å². The lowest BCUT2D eigenvalue weighted by molar-refractivity contribution is -0.144. The molecule has 0 aliphatic carbocycles. The van der Waals surface area contributed by atoms with Crippen LogP contribution in [0.5, 0.6) is 5.75 Å². The van der Waals surface area contributed by atoms with Crippen molar-refractivity contribution in [3.8, 4) is 5.75 Å². The number of phenolic OH excluding ortho intramolecular Hbond substituents is 1. The summed E-state index contributed by atoms with van der Waals surface area (Å²) in [6.45, 7) is 5.61. The topological polar surface area (TPSA) is 475 Å². The van der Waals surface area contributed by atoms with Gasteiger partial charge in [-0.15, -0.1) is 0 Å². The smallest absolute Gasteiger partial charge is 0.326 e. The number of benzene rings is 4. The van der Waals surface area contributed by atoms with Gasteiger partial charge in [-0.25, -0.2) is 4.79 Å². The summed E-state index contributed by atoms with van der Waals surface area (Å²) in [4.78, 5) is 175. The number of H-pyrrole nitrogens is 2. The summed E-state index contributed by atoms with van der Waals surface area (Å²) in [7, 11) is 0. The summed E-state index contributed by atoms with van der Waals surface area (Å²) in [5.74, 6) is -12.5. The predicted octanol–water partition coefficient (Wildman–Crippen LogP) is 0.842. The third-order valence-corrected chi connectivity index (χ3v) is 17.1. The molecule has 0 saturated carbocycles.